The van der Waals surface area contributed by atoms with Crippen LogP contribution in [0.5, 0.6) is 0 Å². The average molecular weight is 483 g/mol. The van der Waals surface area contributed by atoms with Crippen LogP contribution in [0.25, 0.3) is 15.7 Å². The molecule has 1 aliphatic heterocycles. The van der Waals surface area contributed by atoms with E-state index in [4.69, 9.17) is 0 Å². The molecule has 5 rings (SSSR count). The lowest BCUT2D eigenvalue weighted by atomic mass is 10.1. The van der Waals surface area contributed by atoms with Gasteiger partial charge in [-0.05, 0) is 47.0 Å². The summed E-state index contributed by atoms with van der Waals surface area (Å²) < 4.78 is 42.9. The van der Waals surface area contributed by atoms with Gasteiger partial charge in [0.25, 0.3) is 0 Å². The lowest BCUT2D eigenvalue weighted by Gasteiger charge is -2.15. The van der Waals surface area contributed by atoms with Crippen LogP contribution in [0.15, 0.2) is 83.3 Å². The number of carbonyl (C=O) groups is 1. The smallest absolute Gasteiger partial charge is 0.287 e. The van der Waals surface area contributed by atoms with Gasteiger partial charge in [0.05, 0.1) is 16.1 Å². The molecule has 166 valence electrons. The molecule has 0 unspecified atom stereocenters. The van der Waals surface area contributed by atoms with Gasteiger partial charge in [0, 0.05) is 22.2 Å². The summed E-state index contributed by atoms with van der Waals surface area (Å²) in [5, 5.41) is 8.71. The number of anilines is 1. The average Bonchev–Trinajstić information content (AvgIpc) is 3.54. The Kier molecular flexibility index (Phi) is 5.64. The highest BCUT2D eigenvalue weighted by Crippen LogP contribution is 2.40. The molecule has 0 amide bonds. The summed E-state index contributed by atoms with van der Waals surface area (Å²) in [4.78, 5) is 13.8. The molecule has 8 heteroatoms. The van der Waals surface area contributed by atoms with E-state index in [9.17, 15) is 18.0 Å². The molecule has 0 N–H and O–H groups in total. The van der Waals surface area contributed by atoms with Gasteiger partial charge >= 0.3 is 6.18 Å². The minimum atomic E-state index is -4.68. The lowest BCUT2D eigenvalue weighted by Crippen LogP contribution is -2.22. The Hall–Kier alpha value is -3.23. The Morgan fingerprint density at radius 1 is 1.00 bits per heavy atom. The van der Waals surface area contributed by atoms with Gasteiger partial charge in [-0.2, -0.15) is 18.3 Å². The van der Waals surface area contributed by atoms with E-state index in [-0.39, 0.29) is 10.6 Å². The van der Waals surface area contributed by atoms with Crippen LogP contribution >= 0.6 is 22.7 Å². The van der Waals surface area contributed by atoms with Gasteiger partial charge in [-0.1, -0.05) is 42.5 Å². The van der Waals surface area contributed by atoms with Crippen molar-refractivity contribution in [3.8, 4) is 0 Å². The molecule has 2 aromatic carbocycles. The lowest BCUT2D eigenvalue weighted by molar-refractivity contribution is -0.109. The predicted molar refractivity (Wildman–Crippen MR) is 129 cm³/mol. The highest BCUT2D eigenvalue weighted by atomic mass is 32.1. The molecule has 33 heavy (non-hydrogen) atoms. The molecular formula is C25H17F3N2OS2. The number of hydrogen-bond donors (Lipinski definition) is 0. The standard InChI is InChI=1S/C25H17F3N2OS2/c26-25(27,28)18(23-14-17-7-2-4-9-21(17)33-23)15-20(31)24(22-10-5-13-32-22)29-30-12-11-16-6-1-3-8-19(16)30/h1-10,13-15H,11-12H2/b18-15-,29-24-. The molecule has 0 atom stereocenters. The van der Waals surface area contributed by atoms with Crippen molar-refractivity contribution in [2.45, 2.75) is 12.6 Å². The molecule has 0 fully saturated rings. The molecule has 0 spiro atoms. The van der Waals surface area contributed by atoms with Crippen molar-refractivity contribution in [3.63, 3.8) is 0 Å². The van der Waals surface area contributed by atoms with Crippen LogP contribution in [0.3, 0.4) is 0 Å². The number of rotatable bonds is 5. The number of fused-ring (bicyclic) bond motifs is 2. The second-order valence-corrected chi connectivity index (χ2v) is 9.53. The second kappa shape index (κ2) is 8.61. The molecule has 1 aliphatic rings. The van der Waals surface area contributed by atoms with Crippen LogP contribution in [-0.2, 0) is 11.2 Å². The van der Waals surface area contributed by atoms with E-state index in [0.29, 0.717) is 22.9 Å². The molecule has 3 nitrogen and oxygen atoms in total. The predicted octanol–water partition coefficient (Wildman–Crippen LogP) is 6.94. The first kappa shape index (κ1) is 21.6. The number of para-hydroxylation sites is 1. The Bertz CT molecular complexity index is 1350. The zero-order valence-corrected chi connectivity index (χ0v) is 18.8. The van der Waals surface area contributed by atoms with Crippen molar-refractivity contribution in [3.05, 3.63) is 93.5 Å². The van der Waals surface area contributed by atoms with Crippen molar-refractivity contribution in [2.75, 3.05) is 11.6 Å². The van der Waals surface area contributed by atoms with Crippen LogP contribution < -0.4 is 5.01 Å². The Morgan fingerprint density at radius 2 is 1.79 bits per heavy atom. The summed E-state index contributed by atoms with van der Waals surface area (Å²) >= 11 is 2.29. The summed E-state index contributed by atoms with van der Waals surface area (Å²) in [5.74, 6) is -0.772. The van der Waals surface area contributed by atoms with Gasteiger partial charge in [0.1, 0.15) is 5.71 Å². The molecule has 0 bridgehead atoms. The number of halogens is 3. The largest absolute Gasteiger partial charge is 0.417 e. The molecule has 0 radical (unpaired) electrons. The number of hydrogen-bond acceptors (Lipinski definition) is 5. The van der Waals surface area contributed by atoms with Gasteiger partial charge in [-0.15, -0.1) is 22.7 Å². The number of allylic oxidation sites excluding steroid dienone is 2. The summed E-state index contributed by atoms with van der Waals surface area (Å²) in [5.41, 5.74) is 1.00. The number of nitrogens with zero attached hydrogens (tertiary/aromatic N) is 2. The summed E-state index contributed by atoms with van der Waals surface area (Å²) in [7, 11) is 0. The summed E-state index contributed by atoms with van der Waals surface area (Å²) in [6.07, 6.45) is -3.24. The Balaban J connectivity index is 1.58. The third-order valence-electron chi connectivity index (χ3n) is 5.34. The zero-order chi connectivity index (χ0) is 23.0. The van der Waals surface area contributed by atoms with Crippen LogP contribution in [-0.4, -0.2) is 24.2 Å². The molecule has 0 aliphatic carbocycles. The van der Waals surface area contributed by atoms with Crippen LogP contribution in [0.1, 0.15) is 15.3 Å². The fourth-order valence-corrected chi connectivity index (χ4v) is 5.60. The molecule has 2 aromatic heterocycles. The van der Waals surface area contributed by atoms with Crippen molar-refractivity contribution in [2.24, 2.45) is 5.10 Å². The van der Waals surface area contributed by atoms with Crippen LogP contribution in [0, 0.1) is 0 Å². The van der Waals surface area contributed by atoms with Gasteiger partial charge in [0.15, 0.2) is 0 Å². The highest BCUT2D eigenvalue weighted by molar-refractivity contribution is 7.20. The number of alkyl halides is 3. The van der Waals surface area contributed by atoms with Gasteiger partial charge in [-0.3, -0.25) is 9.80 Å². The van der Waals surface area contributed by atoms with Crippen molar-refractivity contribution in [1.82, 2.24) is 0 Å². The highest BCUT2D eigenvalue weighted by Gasteiger charge is 2.37. The molecular weight excluding hydrogens is 465 g/mol. The number of carbonyl (C=O) groups excluding carboxylic acids is 1. The first-order valence-electron chi connectivity index (χ1n) is 10.2. The monoisotopic (exact) mass is 482 g/mol. The molecule has 0 saturated heterocycles. The maximum atomic E-state index is 14.0. The minimum absolute atomic E-state index is 0.00423. The van der Waals surface area contributed by atoms with Crippen molar-refractivity contribution >= 4 is 55.5 Å². The zero-order valence-electron chi connectivity index (χ0n) is 17.2. The van der Waals surface area contributed by atoms with E-state index < -0.39 is 17.5 Å². The van der Waals surface area contributed by atoms with Crippen molar-refractivity contribution in [1.29, 1.82) is 0 Å². The third kappa shape index (κ3) is 4.36. The first-order valence-corrected chi connectivity index (χ1v) is 11.9. The summed E-state index contributed by atoms with van der Waals surface area (Å²) in [6, 6.07) is 19.7. The van der Waals surface area contributed by atoms with E-state index in [1.165, 1.54) is 17.4 Å². The fraction of sp³-hybridized carbons (Fsp3) is 0.120. The molecule has 3 heterocycles. The topological polar surface area (TPSA) is 32.7 Å². The van der Waals surface area contributed by atoms with Gasteiger partial charge in [-0.25, -0.2) is 0 Å². The summed E-state index contributed by atoms with van der Waals surface area (Å²) in [6.45, 7) is 0.563. The van der Waals surface area contributed by atoms with Gasteiger partial charge < -0.3 is 0 Å². The van der Waals surface area contributed by atoms with Crippen LogP contribution in [0.2, 0.25) is 0 Å². The number of ketones is 1. The van der Waals surface area contributed by atoms with E-state index in [1.807, 2.05) is 24.3 Å². The first-order chi connectivity index (χ1) is 15.9. The van der Waals surface area contributed by atoms with E-state index in [1.54, 1.807) is 46.8 Å². The Labute approximate surface area is 196 Å². The maximum Gasteiger partial charge on any atom is 0.417 e. The third-order valence-corrected chi connectivity index (χ3v) is 7.37. The number of benzene rings is 2. The quantitative estimate of drug-likeness (QED) is 0.228. The van der Waals surface area contributed by atoms with Gasteiger partial charge in [0.2, 0.25) is 5.78 Å². The Morgan fingerprint density at radius 3 is 2.55 bits per heavy atom. The van der Waals surface area contributed by atoms with Crippen LogP contribution in [0.4, 0.5) is 18.9 Å². The fourth-order valence-electron chi connectivity index (χ4n) is 3.79. The maximum absolute atomic E-state index is 14.0. The van der Waals surface area contributed by atoms with E-state index in [2.05, 4.69) is 5.10 Å². The molecule has 0 saturated carbocycles. The number of hydrazone groups is 1. The normalized spacial score (nSPS) is 14.7. The minimum Gasteiger partial charge on any atom is -0.287 e. The second-order valence-electron chi connectivity index (χ2n) is 7.50. The van der Waals surface area contributed by atoms with E-state index in [0.717, 1.165) is 33.7 Å². The van der Waals surface area contributed by atoms with E-state index >= 15 is 0 Å². The SMILES string of the molecule is O=C(/C=C(/c1cc2ccccc2s1)C(F)(F)F)/C(=N/N1CCc2ccccc21)c1cccs1. The van der Waals surface area contributed by atoms with Crippen molar-refractivity contribution < 1.29 is 18.0 Å². The molecule has 4 aromatic rings. The number of thiophene rings is 2.